The minimum atomic E-state index is -0.0270. The van der Waals surface area contributed by atoms with Crippen molar-refractivity contribution in [3.8, 4) is 34.0 Å². The van der Waals surface area contributed by atoms with Gasteiger partial charge < -0.3 is 0 Å². The van der Waals surface area contributed by atoms with Gasteiger partial charge in [-0.05, 0) is 89.2 Å². The van der Waals surface area contributed by atoms with Crippen molar-refractivity contribution in [1.82, 2.24) is 33.2 Å². The summed E-state index contributed by atoms with van der Waals surface area (Å²) in [5.41, 5.74) is 19.1. The summed E-state index contributed by atoms with van der Waals surface area (Å²) in [6.45, 7) is -0.0270. The van der Waals surface area contributed by atoms with Crippen LogP contribution < -0.4 is 16.4 Å². The SMILES string of the molecule is c1ccc(-n2c3ccccc3c3c4cccc5c4n(c32)-c2cc(-c3ccccn3)cc3c2B5c2ccnc4c5c6ncccc6n(-c6ccccc6)c5n-3c24)cc1. The lowest BCUT2D eigenvalue weighted by Crippen LogP contribution is -2.59. The van der Waals surface area contributed by atoms with E-state index < -0.39 is 0 Å². The summed E-state index contributed by atoms with van der Waals surface area (Å²) < 4.78 is 9.88. The van der Waals surface area contributed by atoms with Crippen molar-refractivity contribution in [3.63, 3.8) is 0 Å². The van der Waals surface area contributed by atoms with Crippen molar-refractivity contribution in [3.05, 3.63) is 170 Å². The average molecular weight is 726 g/mol. The van der Waals surface area contributed by atoms with Crippen molar-refractivity contribution in [2.24, 2.45) is 0 Å². The fourth-order valence-corrected chi connectivity index (χ4v) is 10.4. The minimum Gasteiger partial charge on any atom is -0.296 e. The van der Waals surface area contributed by atoms with Gasteiger partial charge in [-0.15, -0.1) is 0 Å². The van der Waals surface area contributed by atoms with Crippen LogP contribution in [-0.4, -0.2) is 39.9 Å². The van der Waals surface area contributed by atoms with Crippen LogP contribution >= 0.6 is 0 Å². The lowest BCUT2D eigenvalue weighted by atomic mass is 9.34. The Labute approximate surface area is 325 Å². The van der Waals surface area contributed by atoms with Gasteiger partial charge in [0, 0.05) is 63.1 Å². The van der Waals surface area contributed by atoms with E-state index in [0.29, 0.717) is 0 Å². The Kier molecular flexibility index (Phi) is 5.47. The second-order valence-electron chi connectivity index (χ2n) is 15.2. The molecule has 7 aromatic heterocycles. The maximum atomic E-state index is 5.20. The minimum absolute atomic E-state index is 0.0270. The predicted octanol–water partition coefficient (Wildman–Crippen LogP) is 8.76. The summed E-state index contributed by atoms with van der Waals surface area (Å²) in [6.07, 6.45) is 5.79. The molecule has 9 heterocycles. The van der Waals surface area contributed by atoms with E-state index in [9.17, 15) is 0 Å². The number of rotatable bonds is 3. The van der Waals surface area contributed by atoms with Crippen LogP contribution in [-0.2, 0) is 0 Å². The van der Waals surface area contributed by atoms with Crippen LogP contribution in [0.15, 0.2) is 170 Å². The van der Waals surface area contributed by atoms with Gasteiger partial charge in [-0.1, -0.05) is 78.9 Å². The van der Waals surface area contributed by atoms with E-state index in [1.54, 1.807) is 0 Å². The van der Waals surface area contributed by atoms with Crippen LogP contribution in [0.5, 0.6) is 0 Å². The number of hydrogen-bond acceptors (Lipinski definition) is 3. The summed E-state index contributed by atoms with van der Waals surface area (Å²) in [4.78, 5) is 15.2. The Morgan fingerprint density at radius 1 is 0.421 bits per heavy atom. The molecule has 2 aliphatic heterocycles. The molecule has 0 radical (unpaired) electrons. The van der Waals surface area contributed by atoms with E-state index in [1.807, 2.05) is 30.7 Å². The van der Waals surface area contributed by atoms with Gasteiger partial charge in [0.15, 0.2) is 0 Å². The van der Waals surface area contributed by atoms with E-state index in [2.05, 4.69) is 158 Å². The van der Waals surface area contributed by atoms with E-state index in [0.717, 1.165) is 72.8 Å². The maximum Gasteiger partial charge on any atom is 0.252 e. The Morgan fingerprint density at radius 2 is 1.05 bits per heavy atom. The normalized spacial score (nSPS) is 12.9. The van der Waals surface area contributed by atoms with Gasteiger partial charge in [0.05, 0.1) is 38.7 Å². The molecule has 8 heteroatoms. The highest BCUT2D eigenvalue weighted by molar-refractivity contribution is 7.00. The van der Waals surface area contributed by atoms with Crippen molar-refractivity contribution < 1.29 is 0 Å². The Balaban J connectivity index is 1.24. The highest BCUT2D eigenvalue weighted by atomic mass is 15.2. The molecular formula is C49H28BN7. The van der Waals surface area contributed by atoms with E-state index in [1.165, 1.54) is 43.6 Å². The molecule has 14 rings (SSSR count). The number of hydrogen-bond donors (Lipinski definition) is 0. The molecular weight excluding hydrogens is 697 g/mol. The molecule has 262 valence electrons. The van der Waals surface area contributed by atoms with Crippen LogP contribution in [0.3, 0.4) is 0 Å². The van der Waals surface area contributed by atoms with Gasteiger partial charge >= 0.3 is 0 Å². The molecule has 57 heavy (non-hydrogen) atoms. The highest BCUT2D eigenvalue weighted by Gasteiger charge is 2.43. The van der Waals surface area contributed by atoms with Gasteiger partial charge in [-0.25, -0.2) is 0 Å². The summed E-state index contributed by atoms with van der Waals surface area (Å²) in [6, 6.07) is 54.6. The second-order valence-corrected chi connectivity index (χ2v) is 15.2. The third-order valence-corrected chi connectivity index (χ3v) is 12.5. The van der Waals surface area contributed by atoms with Gasteiger partial charge in [-0.2, -0.15) is 0 Å². The number of aromatic nitrogens is 7. The van der Waals surface area contributed by atoms with Gasteiger partial charge in [0.1, 0.15) is 16.8 Å². The quantitative estimate of drug-likeness (QED) is 0.171. The largest absolute Gasteiger partial charge is 0.296 e. The predicted molar refractivity (Wildman–Crippen MR) is 232 cm³/mol. The molecule has 5 aromatic carbocycles. The number of para-hydroxylation sites is 4. The lowest BCUT2D eigenvalue weighted by Gasteiger charge is -2.34. The van der Waals surface area contributed by atoms with Crippen molar-refractivity contribution in [1.29, 1.82) is 0 Å². The molecule has 0 unspecified atom stereocenters. The van der Waals surface area contributed by atoms with Crippen LogP contribution in [0.25, 0.3) is 99.9 Å². The Hall–Kier alpha value is -7.71. The maximum absolute atomic E-state index is 5.20. The van der Waals surface area contributed by atoms with Crippen LogP contribution in [0, 0.1) is 0 Å². The zero-order valence-electron chi connectivity index (χ0n) is 30.4. The topological polar surface area (TPSA) is 58.4 Å². The fraction of sp³-hybridized carbons (Fsp3) is 0. The molecule has 0 bridgehead atoms. The van der Waals surface area contributed by atoms with Gasteiger partial charge in [-0.3, -0.25) is 33.2 Å². The highest BCUT2D eigenvalue weighted by Crippen LogP contribution is 2.45. The Morgan fingerprint density at radius 3 is 1.84 bits per heavy atom. The summed E-state index contributed by atoms with van der Waals surface area (Å²) >= 11 is 0. The molecule has 0 N–H and O–H groups in total. The Bertz CT molecular complexity index is 3470. The zero-order chi connectivity index (χ0) is 36.9. The zero-order valence-corrected chi connectivity index (χ0v) is 30.4. The standard InChI is InChI=1S/C49H28BN7/c1-3-13-30(14-4-1)54-37-21-8-7-17-32(37)41-33-18-11-19-34-46(33)56(48(41)54)39-27-29(36-20-9-10-24-51-36)28-40-43(39)50(34)35-23-26-53-45-42-44-38(22-12-25-52-44)55(31-15-5-2-6-16-31)49(42)57(40)47(35)45/h1-28H. The van der Waals surface area contributed by atoms with Crippen LogP contribution in [0.4, 0.5) is 0 Å². The molecule has 0 saturated carbocycles. The molecule has 2 aliphatic rings. The molecule has 0 aliphatic carbocycles. The smallest absolute Gasteiger partial charge is 0.252 e. The van der Waals surface area contributed by atoms with Crippen molar-refractivity contribution >= 4 is 89.0 Å². The molecule has 0 fully saturated rings. The molecule has 12 aromatic rings. The van der Waals surface area contributed by atoms with Crippen molar-refractivity contribution in [2.45, 2.75) is 0 Å². The van der Waals surface area contributed by atoms with Crippen molar-refractivity contribution in [2.75, 3.05) is 0 Å². The fourth-order valence-electron chi connectivity index (χ4n) is 10.4. The third-order valence-electron chi connectivity index (χ3n) is 12.5. The molecule has 7 nitrogen and oxygen atoms in total. The first kappa shape index (κ1) is 29.6. The van der Waals surface area contributed by atoms with Crippen LogP contribution in [0.2, 0.25) is 0 Å². The molecule has 0 atom stereocenters. The first-order valence-corrected chi connectivity index (χ1v) is 19.4. The third kappa shape index (κ3) is 3.57. The first-order valence-electron chi connectivity index (χ1n) is 19.4. The van der Waals surface area contributed by atoms with E-state index in [4.69, 9.17) is 15.0 Å². The molecule has 0 amide bonds. The lowest BCUT2D eigenvalue weighted by molar-refractivity contribution is 1.05. The van der Waals surface area contributed by atoms with E-state index >= 15 is 0 Å². The number of fused-ring (bicyclic) bond motifs is 14. The van der Waals surface area contributed by atoms with E-state index in [-0.39, 0.29) is 6.71 Å². The summed E-state index contributed by atoms with van der Waals surface area (Å²) in [5.74, 6) is 0. The van der Waals surface area contributed by atoms with Crippen LogP contribution in [0.1, 0.15) is 0 Å². The number of pyridine rings is 3. The number of benzene rings is 5. The first-order chi connectivity index (χ1) is 28.3. The molecule has 0 saturated heterocycles. The average Bonchev–Trinajstić information content (AvgIpc) is 4.00. The second kappa shape index (κ2) is 10.5. The monoisotopic (exact) mass is 725 g/mol. The van der Waals surface area contributed by atoms with Gasteiger partial charge in [0.2, 0.25) is 0 Å². The molecule has 0 spiro atoms. The van der Waals surface area contributed by atoms with Gasteiger partial charge in [0.25, 0.3) is 6.71 Å². The summed E-state index contributed by atoms with van der Waals surface area (Å²) in [7, 11) is 0. The summed E-state index contributed by atoms with van der Waals surface area (Å²) in [5, 5.41) is 4.82. The number of nitrogens with zero attached hydrogens (tertiary/aromatic N) is 7.